The Balaban J connectivity index is 2.99. The number of thiocarbonyl (C=S) groups is 1. The smallest absolute Gasteiger partial charge is 0.0630 e. The van der Waals surface area contributed by atoms with E-state index in [1.165, 1.54) is 20.4 Å². The summed E-state index contributed by atoms with van der Waals surface area (Å²) in [4.78, 5) is 0. The van der Waals surface area contributed by atoms with Gasteiger partial charge in [0.1, 0.15) is 3.53 Å². The Labute approximate surface area is 65.2 Å². The first-order valence-corrected chi connectivity index (χ1v) is 6.65. The van der Waals surface area contributed by atoms with Crippen LogP contribution >= 0.6 is 62.2 Å². The van der Waals surface area contributed by atoms with Crippen LogP contribution in [-0.2, 0) is 0 Å². The molecule has 36 valence electrons. The topological polar surface area (TPSA) is 0 Å². The van der Waals surface area contributed by atoms with Crippen molar-refractivity contribution < 1.29 is 0 Å². The lowest BCUT2D eigenvalue weighted by molar-refractivity contribution is 4.22. The third-order valence-corrected chi connectivity index (χ3v) is 5.89. The monoisotopic (exact) mass is 266 g/mol. The zero-order chi connectivity index (χ0) is 4.99. The molecule has 0 bridgehead atoms. The fraction of sp³-hybridized carbons (Fsp3) is 0. The molecule has 5 heteroatoms. The van der Waals surface area contributed by atoms with Gasteiger partial charge in [-0.2, -0.15) is 0 Å². The molecule has 0 amide bonds. The van der Waals surface area contributed by atoms with Gasteiger partial charge in [0.2, 0.25) is 0 Å². The molecule has 0 aromatic carbocycles. The molecule has 0 unspecified atom stereocenters. The molecule has 0 atom stereocenters. The van der Waals surface area contributed by atoms with Gasteiger partial charge in [0, 0.05) is 0 Å². The number of hydrogen-bond donors (Lipinski definition) is 0. The largest absolute Gasteiger partial charge is 0.126 e. The van der Waals surface area contributed by atoms with Crippen LogP contribution in [-0.4, -0.2) is 3.53 Å². The van der Waals surface area contributed by atoms with Gasteiger partial charge in [-0.3, -0.25) is 0 Å². The minimum absolute atomic E-state index is 0.843. The van der Waals surface area contributed by atoms with Gasteiger partial charge in [-0.15, -0.1) is 0 Å². The second-order valence-corrected chi connectivity index (χ2v) is 4.66. The number of halogens is 2. The number of hydrogen-bond acceptors (Lipinski definition) is 3. The van der Waals surface area contributed by atoms with E-state index in [9.17, 15) is 0 Å². The first kappa shape index (κ1) is 7.75. The summed E-state index contributed by atoms with van der Waals surface area (Å²) in [7, 11) is 2.77. The van der Waals surface area contributed by atoms with E-state index >= 15 is 0 Å². The molecular formula is CBr2S3. The lowest BCUT2D eigenvalue weighted by Gasteiger charge is -1.80. The van der Waals surface area contributed by atoms with Gasteiger partial charge in [0.15, 0.2) is 0 Å². The first-order valence-electron chi connectivity index (χ1n) is 0.921. The fourth-order valence-corrected chi connectivity index (χ4v) is 2.89. The van der Waals surface area contributed by atoms with Crippen LogP contribution in [0.4, 0.5) is 0 Å². The van der Waals surface area contributed by atoms with Crippen LogP contribution in [0.5, 0.6) is 0 Å². The van der Waals surface area contributed by atoms with Crippen LogP contribution in [0.1, 0.15) is 0 Å². The molecule has 0 heterocycles. The molecule has 0 spiro atoms. The minimum Gasteiger partial charge on any atom is -0.0630 e. The van der Waals surface area contributed by atoms with Crippen molar-refractivity contribution in [2.45, 2.75) is 0 Å². The van der Waals surface area contributed by atoms with E-state index < -0.39 is 0 Å². The van der Waals surface area contributed by atoms with Crippen molar-refractivity contribution in [3.8, 4) is 0 Å². The molecule has 0 aromatic rings. The molecule has 6 heavy (non-hydrogen) atoms. The molecule has 0 aliphatic carbocycles. The summed E-state index contributed by atoms with van der Waals surface area (Å²) in [5.74, 6) is 0. The maximum absolute atomic E-state index is 4.69. The highest BCUT2D eigenvalue weighted by Gasteiger charge is 1.86. The highest BCUT2D eigenvalue weighted by molar-refractivity contribution is 9.58. The van der Waals surface area contributed by atoms with Crippen molar-refractivity contribution >= 4 is 65.8 Å². The highest BCUT2D eigenvalue weighted by Crippen LogP contribution is 2.26. The summed E-state index contributed by atoms with van der Waals surface area (Å²) in [6.45, 7) is 0. The zero-order valence-corrected chi connectivity index (χ0v) is 8.10. The Hall–Kier alpha value is 1.75. The number of rotatable bonds is 0. The maximum atomic E-state index is 4.69. The SMILES string of the molecule is S=C(SBr)SBr. The van der Waals surface area contributed by atoms with Crippen molar-refractivity contribution in [3.05, 3.63) is 0 Å². The summed E-state index contributed by atoms with van der Waals surface area (Å²) in [6, 6.07) is 0. The molecule has 0 radical (unpaired) electrons. The quantitative estimate of drug-likeness (QED) is 0.618. The van der Waals surface area contributed by atoms with E-state index in [0.29, 0.717) is 0 Å². The second-order valence-electron chi connectivity index (χ2n) is 0.404. The summed E-state index contributed by atoms with van der Waals surface area (Å²) in [6.07, 6.45) is 0. The van der Waals surface area contributed by atoms with E-state index in [4.69, 9.17) is 0 Å². The minimum atomic E-state index is 0.843. The lowest BCUT2D eigenvalue weighted by atomic mass is 11.9. The van der Waals surface area contributed by atoms with Gasteiger partial charge in [0.05, 0.1) is 0 Å². The van der Waals surface area contributed by atoms with Crippen LogP contribution in [0.3, 0.4) is 0 Å². The third kappa shape index (κ3) is 3.92. The summed E-state index contributed by atoms with van der Waals surface area (Å²) in [5, 5.41) is 0. The van der Waals surface area contributed by atoms with E-state index in [1.54, 1.807) is 0 Å². The van der Waals surface area contributed by atoms with Crippen molar-refractivity contribution in [3.63, 3.8) is 0 Å². The molecule has 0 fully saturated rings. The van der Waals surface area contributed by atoms with Crippen LogP contribution in [0, 0.1) is 0 Å². The van der Waals surface area contributed by atoms with Crippen LogP contribution in [0.2, 0.25) is 0 Å². The highest BCUT2D eigenvalue weighted by atomic mass is 79.9. The van der Waals surface area contributed by atoms with Gasteiger partial charge in [0.25, 0.3) is 0 Å². The Morgan fingerprint density at radius 1 is 1.33 bits per heavy atom. The van der Waals surface area contributed by atoms with Crippen LogP contribution < -0.4 is 0 Å². The Morgan fingerprint density at radius 3 is 1.67 bits per heavy atom. The average Bonchev–Trinajstić information content (AvgIpc) is 1.65. The van der Waals surface area contributed by atoms with Crippen LogP contribution in [0.25, 0.3) is 0 Å². The summed E-state index contributed by atoms with van der Waals surface area (Å²) < 4.78 is 0.843. The molecule has 0 nitrogen and oxygen atoms in total. The lowest BCUT2D eigenvalue weighted by Crippen LogP contribution is -1.59. The van der Waals surface area contributed by atoms with E-state index in [0.717, 1.165) is 3.53 Å². The first-order chi connectivity index (χ1) is 2.81. The van der Waals surface area contributed by atoms with Gasteiger partial charge >= 0.3 is 0 Å². The predicted octanol–water partition coefficient (Wildman–Crippen LogP) is 3.36. The molecule has 0 aromatic heterocycles. The second kappa shape index (κ2) is 4.90. The molecule has 0 rings (SSSR count). The zero-order valence-electron chi connectivity index (χ0n) is 2.48. The van der Waals surface area contributed by atoms with Gasteiger partial charge in [-0.05, 0) is 50.0 Å². The molecule has 0 aliphatic rings. The molecule has 0 saturated heterocycles. The third-order valence-electron chi connectivity index (χ3n) is 0.126. The average molecular weight is 268 g/mol. The molecule has 0 saturated carbocycles. The standard InChI is InChI=1S/CBr2S3/c2-5-1(4)6-3. The van der Waals surface area contributed by atoms with Crippen molar-refractivity contribution in [2.75, 3.05) is 0 Å². The Kier molecular flexibility index (Phi) is 6.33. The van der Waals surface area contributed by atoms with Gasteiger partial charge in [-0.1, -0.05) is 12.2 Å². The Bertz CT molecular complexity index is 46.8. The molecule has 0 aliphatic heterocycles. The Morgan fingerprint density at radius 2 is 1.67 bits per heavy atom. The molecular weight excluding hydrogens is 268 g/mol. The van der Waals surface area contributed by atoms with Gasteiger partial charge in [-0.25, -0.2) is 0 Å². The maximum Gasteiger partial charge on any atom is 0.126 e. The van der Waals surface area contributed by atoms with Crippen molar-refractivity contribution in [2.24, 2.45) is 0 Å². The fourth-order valence-electron chi connectivity index (χ4n) is 0.0119. The van der Waals surface area contributed by atoms with Gasteiger partial charge < -0.3 is 0 Å². The van der Waals surface area contributed by atoms with E-state index in [2.05, 4.69) is 41.8 Å². The normalized spacial score (nSPS) is 8.33. The summed E-state index contributed by atoms with van der Waals surface area (Å²) >= 11 is 10.9. The molecule has 0 N–H and O–H groups in total. The predicted molar refractivity (Wildman–Crippen MR) is 45.6 cm³/mol. The van der Waals surface area contributed by atoms with E-state index in [-0.39, 0.29) is 0 Å². The van der Waals surface area contributed by atoms with Crippen LogP contribution in [0.15, 0.2) is 0 Å². The van der Waals surface area contributed by atoms with E-state index in [1.807, 2.05) is 0 Å². The van der Waals surface area contributed by atoms with Crippen molar-refractivity contribution in [1.29, 1.82) is 0 Å². The van der Waals surface area contributed by atoms with Crippen molar-refractivity contribution in [1.82, 2.24) is 0 Å². The summed E-state index contributed by atoms with van der Waals surface area (Å²) in [5.41, 5.74) is 0.